The molecule has 1 N–H and O–H groups in total. The smallest absolute Gasteiger partial charge is 0.258 e. The normalized spacial score (nSPS) is 22.3. The summed E-state index contributed by atoms with van der Waals surface area (Å²) in [5, 5.41) is 7.47. The second kappa shape index (κ2) is 9.49. The van der Waals surface area contributed by atoms with Crippen LogP contribution in [0.3, 0.4) is 0 Å². The molecule has 3 heterocycles. The standard InChI is InChI=1S/C23H31N5O3/c1-16-24-17(2)28(26-16)14-23(30)27-12-11-20-19(13-27)9-4-3-7-18-8-5-6-10-21(18)31-15-22(29)25-20/h5-6,8,10,19-20H,3-4,7,9,11-15H2,1-2H3,(H,25,29)/t19-,20-/m1/s1. The summed E-state index contributed by atoms with van der Waals surface area (Å²) in [6.45, 7) is 5.22. The van der Waals surface area contributed by atoms with Crippen LogP contribution in [0.4, 0.5) is 0 Å². The van der Waals surface area contributed by atoms with Gasteiger partial charge in [-0.05, 0) is 57.1 Å². The van der Waals surface area contributed by atoms with E-state index >= 15 is 0 Å². The number of benzene rings is 1. The van der Waals surface area contributed by atoms with Crippen molar-refractivity contribution in [3.05, 3.63) is 41.5 Å². The Kier molecular flexibility index (Phi) is 6.53. The molecule has 0 radical (unpaired) electrons. The average Bonchev–Trinajstić information content (AvgIpc) is 3.06. The van der Waals surface area contributed by atoms with Crippen LogP contribution in [0, 0.1) is 19.8 Å². The van der Waals surface area contributed by atoms with E-state index in [1.54, 1.807) is 4.68 Å². The van der Waals surface area contributed by atoms with Crippen LogP contribution in [0.15, 0.2) is 24.3 Å². The maximum absolute atomic E-state index is 12.9. The van der Waals surface area contributed by atoms with Gasteiger partial charge in [0.05, 0.1) is 0 Å². The van der Waals surface area contributed by atoms with Crippen LogP contribution >= 0.6 is 0 Å². The number of hydrogen-bond acceptors (Lipinski definition) is 5. The third kappa shape index (κ3) is 5.24. The van der Waals surface area contributed by atoms with Gasteiger partial charge in [0.1, 0.15) is 23.9 Å². The first-order valence-electron chi connectivity index (χ1n) is 11.2. The SMILES string of the molecule is Cc1nc(C)n(CC(=O)N2CC[C@H]3NC(=O)COc4ccccc4CCCC[C@@H]3C2)n1. The van der Waals surface area contributed by atoms with E-state index in [4.69, 9.17) is 4.74 Å². The van der Waals surface area contributed by atoms with Crippen LogP contribution in [0.2, 0.25) is 0 Å². The number of likely N-dealkylation sites (tertiary alicyclic amines) is 1. The van der Waals surface area contributed by atoms with Crippen molar-refractivity contribution < 1.29 is 14.3 Å². The zero-order chi connectivity index (χ0) is 21.8. The average molecular weight is 426 g/mol. The van der Waals surface area contributed by atoms with E-state index in [2.05, 4.69) is 21.5 Å². The molecule has 166 valence electrons. The van der Waals surface area contributed by atoms with Crippen molar-refractivity contribution in [1.82, 2.24) is 25.0 Å². The summed E-state index contributed by atoms with van der Waals surface area (Å²) in [6, 6.07) is 8.02. The van der Waals surface area contributed by atoms with Crippen molar-refractivity contribution >= 4 is 11.8 Å². The Hall–Kier alpha value is -2.90. The van der Waals surface area contributed by atoms with Gasteiger partial charge in [-0.1, -0.05) is 24.6 Å². The molecule has 8 nitrogen and oxygen atoms in total. The molecular formula is C23H31N5O3. The molecule has 4 rings (SSSR count). The summed E-state index contributed by atoms with van der Waals surface area (Å²) in [5.74, 6) is 2.43. The first-order valence-corrected chi connectivity index (χ1v) is 11.2. The van der Waals surface area contributed by atoms with E-state index in [0.29, 0.717) is 18.9 Å². The van der Waals surface area contributed by atoms with Gasteiger partial charge in [-0.15, -0.1) is 0 Å². The number of piperidine rings is 1. The highest BCUT2D eigenvalue weighted by molar-refractivity contribution is 5.78. The third-order valence-corrected chi connectivity index (χ3v) is 6.28. The van der Waals surface area contributed by atoms with Crippen molar-refractivity contribution in [3.63, 3.8) is 0 Å². The van der Waals surface area contributed by atoms with Gasteiger partial charge >= 0.3 is 0 Å². The lowest BCUT2D eigenvalue weighted by Gasteiger charge is -2.39. The molecule has 2 atom stereocenters. The second-order valence-electron chi connectivity index (χ2n) is 8.57. The molecule has 31 heavy (non-hydrogen) atoms. The van der Waals surface area contributed by atoms with E-state index in [0.717, 1.165) is 49.2 Å². The van der Waals surface area contributed by atoms with Crippen LogP contribution < -0.4 is 10.1 Å². The summed E-state index contributed by atoms with van der Waals surface area (Å²) in [6.07, 6.45) is 4.79. The number of aromatic nitrogens is 3. The summed E-state index contributed by atoms with van der Waals surface area (Å²) >= 11 is 0. The fourth-order valence-electron chi connectivity index (χ4n) is 4.65. The monoisotopic (exact) mass is 425 g/mol. The number of nitrogens with zero attached hydrogens (tertiary/aromatic N) is 4. The van der Waals surface area contributed by atoms with Crippen LogP contribution in [0.1, 0.15) is 42.9 Å². The molecule has 0 aliphatic carbocycles. The van der Waals surface area contributed by atoms with Gasteiger partial charge in [0, 0.05) is 19.1 Å². The molecule has 0 unspecified atom stereocenters. The van der Waals surface area contributed by atoms with Gasteiger partial charge in [0.25, 0.3) is 5.91 Å². The Morgan fingerprint density at radius 3 is 2.87 bits per heavy atom. The van der Waals surface area contributed by atoms with Gasteiger partial charge in [-0.25, -0.2) is 9.67 Å². The summed E-state index contributed by atoms with van der Waals surface area (Å²) < 4.78 is 7.47. The molecular weight excluding hydrogens is 394 g/mol. The lowest BCUT2D eigenvalue weighted by atomic mass is 9.87. The van der Waals surface area contributed by atoms with E-state index in [1.165, 1.54) is 0 Å². The first kappa shape index (κ1) is 21.3. The summed E-state index contributed by atoms with van der Waals surface area (Å²) in [5.41, 5.74) is 1.14. The fraction of sp³-hybridized carbons (Fsp3) is 0.565. The molecule has 0 bridgehead atoms. The Morgan fingerprint density at radius 1 is 1.23 bits per heavy atom. The molecule has 8 heteroatoms. The molecule has 2 aliphatic rings. The highest BCUT2D eigenvalue weighted by Gasteiger charge is 2.32. The van der Waals surface area contributed by atoms with Crippen LogP contribution in [-0.4, -0.2) is 57.2 Å². The Labute approximate surface area is 183 Å². The molecule has 0 saturated carbocycles. The minimum Gasteiger partial charge on any atom is -0.483 e. The molecule has 2 aliphatic heterocycles. The zero-order valence-electron chi connectivity index (χ0n) is 18.3. The Balaban J connectivity index is 1.41. The molecule has 2 aromatic rings. The van der Waals surface area contributed by atoms with Gasteiger partial charge < -0.3 is 15.0 Å². The van der Waals surface area contributed by atoms with Crippen molar-refractivity contribution in [3.8, 4) is 5.75 Å². The van der Waals surface area contributed by atoms with Crippen molar-refractivity contribution in [2.24, 2.45) is 5.92 Å². The van der Waals surface area contributed by atoms with Gasteiger partial charge in [0.15, 0.2) is 6.61 Å². The maximum atomic E-state index is 12.9. The van der Waals surface area contributed by atoms with E-state index in [-0.39, 0.29) is 36.9 Å². The second-order valence-corrected chi connectivity index (χ2v) is 8.57. The zero-order valence-corrected chi connectivity index (χ0v) is 18.3. The van der Waals surface area contributed by atoms with Crippen molar-refractivity contribution in [2.45, 2.75) is 58.5 Å². The molecule has 1 saturated heterocycles. The molecule has 1 aromatic carbocycles. The fourth-order valence-corrected chi connectivity index (χ4v) is 4.65. The number of para-hydroxylation sites is 1. The largest absolute Gasteiger partial charge is 0.483 e. The number of aryl methyl sites for hydroxylation is 3. The number of hydrogen-bond donors (Lipinski definition) is 1. The number of carbonyl (C=O) groups excluding carboxylic acids is 2. The van der Waals surface area contributed by atoms with Gasteiger partial charge in [-0.2, -0.15) is 5.10 Å². The quantitative estimate of drug-likeness (QED) is 0.795. The number of ether oxygens (including phenoxy) is 1. The first-order chi connectivity index (χ1) is 15.0. The predicted molar refractivity (Wildman–Crippen MR) is 116 cm³/mol. The molecule has 2 amide bonds. The van der Waals surface area contributed by atoms with Crippen molar-refractivity contribution in [1.29, 1.82) is 0 Å². The number of amides is 2. The Bertz CT molecular complexity index is 941. The maximum Gasteiger partial charge on any atom is 0.258 e. The summed E-state index contributed by atoms with van der Waals surface area (Å²) in [7, 11) is 0. The van der Waals surface area contributed by atoms with Crippen molar-refractivity contribution in [2.75, 3.05) is 19.7 Å². The lowest BCUT2D eigenvalue weighted by Crippen LogP contribution is -2.53. The number of fused-ring (bicyclic) bond motifs is 2. The number of carbonyl (C=O) groups is 2. The topological polar surface area (TPSA) is 89.4 Å². The predicted octanol–water partition coefficient (Wildman–Crippen LogP) is 2.03. The van der Waals surface area contributed by atoms with Crippen LogP contribution in [0.25, 0.3) is 0 Å². The van der Waals surface area contributed by atoms with Gasteiger partial charge in [0.2, 0.25) is 5.91 Å². The van der Waals surface area contributed by atoms with E-state index in [9.17, 15) is 9.59 Å². The minimum absolute atomic E-state index is 0.0216. The number of nitrogens with one attached hydrogen (secondary N) is 1. The molecule has 0 spiro atoms. The van der Waals surface area contributed by atoms with E-state index in [1.807, 2.05) is 36.9 Å². The molecule has 1 fully saturated rings. The minimum atomic E-state index is -0.0983. The number of rotatable bonds is 2. The highest BCUT2D eigenvalue weighted by Crippen LogP contribution is 2.26. The van der Waals surface area contributed by atoms with Crippen LogP contribution in [-0.2, 0) is 22.6 Å². The highest BCUT2D eigenvalue weighted by atomic mass is 16.5. The van der Waals surface area contributed by atoms with Crippen LogP contribution in [0.5, 0.6) is 5.75 Å². The molecule has 1 aromatic heterocycles. The summed E-state index contributed by atoms with van der Waals surface area (Å²) in [4.78, 5) is 31.6. The Morgan fingerprint density at radius 2 is 2.06 bits per heavy atom. The van der Waals surface area contributed by atoms with E-state index < -0.39 is 0 Å². The third-order valence-electron chi connectivity index (χ3n) is 6.28. The van der Waals surface area contributed by atoms with Gasteiger partial charge in [-0.3, -0.25) is 9.59 Å². The lowest BCUT2D eigenvalue weighted by molar-refractivity contribution is -0.134.